The molecular formula is C19H28N6O2S. The van der Waals surface area contributed by atoms with Gasteiger partial charge in [0.2, 0.25) is 5.91 Å². The van der Waals surface area contributed by atoms with Gasteiger partial charge in [-0.05, 0) is 38.9 Å². The first-order valence-corrected chi connectivity index (χ1v) is 10.4. The van der Waals surface area contributed by atoms with E-state index in [1.54, 1.807) is 11.3 Å². The Hall–Kier alpha value is -2.26. The van der Waals surface area contributed by atoms with Gasteiger partial charge in [-0.1, -0.05) is 0 Å². The van der Waals surface area contributed by atoms with Crippen molar-refractivity contribution in [3.63, 3.8) is 0 Å². The molecule has 0 aliphatic carbocycles. The van der Waals surface area contributed by atoms with E-state index in [-0.39, 0.29) is 23.8 Å². The molecule has 0 spiro atoms. The number of hydrogen-bond acceptors (Lipinski definition) is 6. The zero-order chi connectivity index (χ0) is 20.1. The Morgan fingerprint density at radius 3 is 2.75 bits per heavy atom. The molecule has 1 aliphatic rings. The van der Waals surface area contributed by atoms with Crippen LogP contribution in [0.4, 0.5) is 0 Å². The lowest BCUT2D eigenvalue weighted by Gasteiger charge is -2.22. The van der Waals surface area contributed by atoms with Crippen molar-refractivity contribution in [3.05, 3.63) is 34.0 Å². The fraction of sp³-hybridized carbons (Fsp3) is 0.579. The Kier molecular flexibility index (Phi) is 6.79. The van der Waals surface area contributed by atoms with E-state index in [0.717, 1.165) is 29.4 Å². The fourth-order valence-electron chi connectivity index (χ4n) is 3.58. The predicted octanol–water partition coefficient (Wildman–Crippen LogP) is 0.984. The minimum atomic E-state index is -0.0712. The van der Waals surface area contributed by atoms with Crippen LogP contribution < -0.4 is 10.6 Å². The summed E-state index contributed by atoms with van der Waals surface area (Å²) in [5.41, 5.74) is 0.646. The molecule has 9 heteroatoms. The molecule has 2 amide bonds. The molecular weight excluding hydrogens is 376 g/mol. The molecule has 2 N–H and O–H groups in total. The highest BCUT2D eigenvalue weighted by Crippen LogP contribution is 2.17. The maximum atomic E-state index is 12.6. The number of aromatic nitrogens is 3. The summed E-state index contributed by atoms with van der Waals surface area (Å²) in [6, 6.07) is 3.71. The van der Waals surface area contributed by atoms with Crippen molar-refractivity contribution < 1.29 is 9.59 Å². The first-order chi connectivity index (χ1) is 13.4. The summed E-state index contributed by atoms with van der Waals surface area (Å²) < 4.78 is 1.81. The first kappa shape index (κ1) is 20.5. The molecule has 0 saturated carbocycles. The molecule has 8 nitrogen and oxygen atoms in total. The Bertz CT molecular complexity index is 817. The summed E-state index contributed by atoms with van der Waals surface area (Å²) in [6.07, 6.45) is 4.10. The number of carbonyl (C=O) groups is 2. The van der Waals surface area contributed by atoms with Crippen LogP contribution >= 0.6 is 11.3 Å². The molecule has 2 atom stereocenters. The second-order valence-electron chi connectivity index (χ2n) is 7.43. The lowest BCUT2D eigenvalue weighted by molar-refractivity contribution is -0.125. The summed E-state index contributed by atoms with van der Waals surface area (Å²) in [6.45, 7) is 3.93. The summed E-state index contributed by atoms with van der Waals surface area (Å²) >= 11 is 1.56. The third-order valence-electron chi connectivity index (χ3n) is 5.02. The molecule has 1 fully saturated rings. The van der Waals surface area contributed by atoms with Crippen molar-refractivity contribution in [1.29, 1.82) is 0 Å². The van der Waals surface area contributed by atoms with Crippen LogP contribution in [0.15, 0.2) is 18.3 Å². The average molecular weight is 405 g/mol. The minimum absolute atomic E-state index is 0.0366. The van der Waals surface area contributed by atoms with Crippen LogP contribution in [0.1, 0.15) is 33.3 Å². The van der Waals surface area contributed by atoms with Gasteiger partial charge in [-0.25, -0.2) is 0 Å². The Balaban J connectivity index is 1.48. The number of carbonyl (C=O) groups excluding carboxylic acids is 2. The second-order valence-corrected chi connectivity index (χ2v) is 8.69. The van der Waals surface area contributed by atoms with Gasteiger partial charge >= 0.3 is 0 Å². The van der Waals surface area contributed by atoms with Gasteiger partial charge < -0.3 is 20.1 Å². The summed E-state index contributed by atoms with van der Waals surface area (Å²) in [7, 11) is 3.86. The third-order valence-corrected chi connectivity index (χ3v) is 5.91. The quantitative estimate of drug-likeness (QED) is 0.749. The van der Waals surface area contributed by atoms with Crippen LogP contribution in [-0.2, 0) is 18.3 Å². The highest BCUT2D eigenvalue weighted by atomic mass is 32.1. The van der Waals surface area contributed by atoms with E-state index in [4.69, 9.17) is 0 Å². The third kappa shape index (κ3) is 5.39. The van der Waals surface area contributed by atoms with Gasteiger partial charge in [0, 0.05) is 45.3 Å². The molecule has 2 aromatic heterocycles. The van der Waals surface area contributed by atoms with E-state index in [0.29, 0.717) is 25.2 Å². The van der Waals surface area contributed by atoms with Crippen LogP contribution in [0.3, 0.4) is 0 Å². The number of nitrogens with one attached hydrogen (secondary N) is 2. The molecule has 0 radical (unpaired) electrons. The lowest BCUT2D eigenvalue weighted by Crippen LogP contribution is -2.42. The number of likely N-dealkylation sites (N-methyl/N-ethyl adjacent to an activating group) is 1. The van der Waals surface area contributed by atoms with E-state index in [9.17, 15) is 9.59 Å². The SMILES string of the molecule is Cc1nnc(CCNC(=O)[C@@H]2CC[C@H](NC(=O)c3cccn3C)CN(C)C2)s1. The maximum absolute atomic E-state index is 12.6. The van der Waals surface area contributed by atoms with E-state index in [1.807, 2.05) is 43.9 Å². The first-order valence-electron chi connectivity index (χ1n) is 9.60. The number of rotatable bonds is 6. The van der Waals surface area contributed by atoms with Gasteiger partial charge in [0.05, 0.1) is 5.92 Å². The van der Waals surface area contributed by atoms with Gasteiger partial charge in [-0.15, -0.1) is 21.5 Å². The minimum Gasteiger partial charge on any atom is -0.355 e. The molecule has 2 aromatic rings. The Morgan fingerprint density at radius 2 is 2.07 bits per heavy atom. The van der Waals surface area contributed by atoms with Gasteiger partial charge in [0.15, 0.2) is 0 Å². The molecule has 0 unspecified atom stereocenters. The number of nitrogens with zero attached hydrogens (tertiary/aromatic N) is 4. The van der Waals surface area contributed by atoms with Crippen LogP contribution in [0.5, 0.6) is 0 Å². The summed E-state index contributed by atoms with van der Waals surface area (Å²) in [5, 5.41) is 16.1. The molecule has 3 heterocycles. The molecule has 3 rings (SSSR count). The van der Waals surface area contributed by atoms with E-state index >= 15 is 0 Å². The summed E-state index contributed by atoms with van der Waals surface area (Å²) in [5.74, 6) is -0.0678. The molecule has 28 heavy (non-hydrogen) atoms. The smallest absolute Gasteiger partial charge is 0.268 e. The number of amides is 2. The van der Waals surface area contributed by atoms with Gasteiger partial charge in [0.1, 0.15) is 15.7 Å². The van der Waals surface area contributed by atoms with Crippen molar-refractivity contribution in [1.82, 2.24) is 30.3 Å². The topological polar surface area (TPSA) is 92.1 Å². The monoisotopic (exact) mass is 404 g/mol. The van der Waals surface area contributed by atoms with Gasteiger partial charge in [-0.3, -0.25) is 9.59 Å². The fourth-order valence-corrected chi connectivity index (χ4v) is 4.28. The Morgan fingerprint density at radius 1 is 1.25 bits per heavy atom. The zero-order valence-electron chi connectivity index (χ0n) is 16.6. The number of hydrogen-bond donors (Lipinski definition) is 2. The van der Waals surface area contributed by atoms with Gasteiger partial charge in [0.25, 0.3) is 5.91 Å². The van der Waals surface area contributed by atoms with E-state index < -0.39 is 0 Å². The van der Waals surface area contributed by atoms with Gasteiger partial charge in [-0.2, -0.15) is 0 Å². The van der Waals surface area contributed by atoms with E-state index in [1.165, 1.54) is 0 Å². The van der Waals surface area contributed by atoms with Crippen molar-refractivity contribution in [3.8, 4) is 0 Å². The van der Waals surface area contributed by atoms with Crippen molar-refractivity contribution in [2.45, 2.75) is 32.2 Å². The maximum Gasteiger partial charge on any atom is 0.268 e. The number of likely N-dealkylation sites (tertiary alicyclic amines) is 1. The highest BCUT2D eigenvalue weighted by Gasteiger charge is 2.27. The molecule has 1 saturated heterocycles. The van der Waals surface area contributed by atoms with E-state index in [2.05, 4.69) is 25.7 Å². The van der Waals surface area contributed by atoms with Crippen LogP contribution in [0, 0.1) is 12.8 Å². The Labute approximate surface area is 169 Å². The van der Waals surface area contributed by atoms with Crippen molar-refractivity contribution in [2.75, 3.05) is 26.7 Å². The normalized spacial score (nSPS) is 20.5. The molecule has 152 valence electrons. The summed E-state index contributed by atoms with van der Waals surface area (Å²) in [4.78, 5) is 27.2. The van der Waals surface area contributed by atoms with Crippen LogP contribution in [0.25, 0.3) is 0 Å². The van der Waals surface area contributed by atoms with Crippen molar-refractivity contribution >= 4 is 23.2 Å². The molecule has 0 bridgehead atoms. The van der Waals surface area contributed by atoms with Crippen LogP contribution in [-0.4, -0.2) is 64.2 Å². The van der Waals surface area contributed by atoms with Crippen LogP contribution in [0.2, 0.25) is 0 Å². The molecule has 0 aromatic carbocycles. The molecule has 1 aliphatic heterocycles. The zero-order valence-corrected chi connectivity index (χ0v) is 17.5. The largest absolute Gasteiger partial charge is 0.355 e. The second kappa shape index (κ2) is 9.29. The standard InChI is InChI=1S/C19H28N6O2S/c1-13-22-23-17(28-13)8-9-20-18(26)14-6-7-15(12-24(2)11-14)21-19(27)16-5-4-10-25(16)3/h4-5,10,14-15H,6-9,11-12H2,1-3H3,(H,20,26)(H,21,27)/t14-,15+/m1/s1. The lowest BCUT2D eigenvalue weighted by atomic mass is 10.0. The number of aryl methyl sites for hydroxylation is 2. The highest BCUT2D eigenvalue weighted by molar-refractivity contribution is 7.11. The van der Waals surface area contributed by atoms with Crippen molar-refractivity contribution in [2.24, 2.45) is 13.0 Å². The predicted molar refractivity (Wildman–Crippen MR) is 108 cm³/mol. The average Bonchev–Trinajstić information content (AvgIpc) is 3.21.